The lowest BCUT2D eigenvalue weighted by molar-refractivity contribution is -0.137. The monoisotopic (exact) mass is 374 g/mol. The van der Waals surface area contributed by atoms with E-state index in [0.29, 0.717) is 6.54 Å². The molecule has 0 aromatic carbocycles. The number of rotatable bonds is 3. The summed E-state index contributed by atoms with van der Waals surface area (Å²) in [5, 5.41) is 6.16. The van der Waals surface area contributed by atoms with Crippen LogP contribution in [0, 0.1) is 5.92 Å². The van der Waals surface area contributed by atoms with E-state index in [-0.39, 0.29) is 23.8 Å². The Morgan fingerprint density at radius 2 is 1.96 bits per heavy atom. The second kappa shape index (κ2) is 7.30. The topological polar surface area (TPSA) is 40.6 Å². The lowest BCUT2D eigenvalue weighted by Gasteiger charge is -2.35. The van der Waals surface area contributed by atoms with Gasteiger partial charge in [0, 0.05) is 19.6 Å². The standard InChI is InChI=1S/C19H22N2O2S2/c22-18(21-9-2-5-16(21)15-7-11-24-13-15)14-4-1-8-20(12-14)19(23)17-6-3-10-25-17/h3,6-7,10-11,13-14,16H,1-2,4-5,8-9,12H2/t14-,16-/m1/s1. The van der Waals surface area contributed by atoms with Crippen molar-refractivity contribution in [3.63, 3.8) is 0 Å². The zero-order valence-corrected chi connectivity index (χ0v) is 15.7. The van der Waals surface area contributed by atoms with E-state index in [9.17, 15) is 9.59 Å². The van der Waals surface area contributed by atoms with Crippen LogP contribution in [-0.4, -0.2) is 41.2 Å². The summed E-state index contributed by atoms with van der Waals surface area (Å²) < 4.78 is 0. The molecule has 4 rings (SSSR count). The van der Waals surface area contributed by atoms with Crippen molar-refractivity contribution in [3.8, 4) is 0 Å². The number of hydrogen-bond donors (Lipinski definition) is 0. The number of amides is 2. The Hall–Kier alpha value is -1.66. The van der Waals surface area contributed by atoms with Crippen LogP contribution in [-0.2, 0) is 4.79 Å². The fourth-order valence-corrected chi connectivity index (χ4v) is 5.39. The molecule has 0 aliphatic carbocycles. The quantitative estimate of drug-likeness (QED) is 0.814. The van der Waals surface area contributed by atoms with Crippen molar-refractivity contribution in [1.29, 1.82) is 0 Å². The van der Waals surface area contributed by atoms with Gasteiger partial charge >= 0.3 is 0 Å². The first-order chi connectivity index (χ1) is 12.2. The molecule has 2 fully saturated rings. The number of piperidine rings is 1. The van der Waals surface area contributed by atoms with Gasteiger partial charge in [0.05, 0.1) is 16.8 Å². The van der Waals surface area contributed by atoms with E-state index in [1.165, 1.54) is 16.9 Å². The fraction of sp³-hybridized carbons (Fsp3) is 0.474. The average molecular weight is 375 g/mol. The molecule has 0 radical (unpaired) electrons. The van der Waals surface area contributed by atoms with Crippen molar-refractivity contribution >= 4 is 34.5 Å². The van der Waals surface area contributed by atoms with E-state index in [4.69, 9.17) is 0 Å². The van der Waals surface area contributed by atoms with Gasteiger partial charge in [0.2, 0.25) is 5.91 Å². The summed E-state index contributed by atoms with van der Waals surface area (Å²) in [6.45, 7) is 2.16. The van der Waals surface area contributed by atoms with Crippen LogP contribution in [0.4, 0.5) is 0 Å². The van der Waals surface area contributed by atoms with Gasteiger partial charge < -0.3 is 9.80 Å². The van der Waals surface area contributed by atoms with Gasteiger partial charge in [-0.3, -0.25) is 9.59 Å². The maximum absolute atomic E-state index is 13.2. The molecule has 132 valence electrons. The molecule has 2 atom stereocenters. The van der Waals surface area contributed by atoms with Gasteiger partial charge in [-0.2, -0.15) is 11.3 Å². The Morgan fingerprint density at radius 3 is 2.72 bits per heavy atom. The summed E-state index contributed by atoms with van der Waals surface area (Å²) in [5.74, 6) is 0.248. The summed E-state index contributed by atoms with van der Waals surface area (Å²) in [4.78, 5) is 30.5. The van der Waals surface area contributed by atoms with Crippen LogP contribution in [0.3, 0.4) is 0 Å². The number of nitrogens with zero attached hydrogens (tertiary/aromatic N) is 2. The molecule has 2 aliphatic rings. The van der Waals surface area contributed by atoms with Crippen LogP contribution in [0.5, 0.6) is 0 Å². The molecule has 0 unspecified atom stereocenters. The highest BCUT2D eigenvalue weighted by Crippen LogP contribution is 2.35. The third-order valence-corrected chi connectivity index (χ3v) is 6.81. The van der Waals surface area contributed by atoms with Crippen molar-refractivity contribution in [2.45, 2.75) is 31.7 Å². The molecule has 2 amide bonds. The van der Waals surface area contributed by atoms with Crippen LogP contribution in [0.1, 0.15) is 47.0 Å². The lowest BCUT2D eigenvalue weighted by atomic mass is 9.95. The molecule has 2 aromatic rings. The second-order valence-electron chi connectivity index (χ2n) is 6.81. The molecule has 0 spiro atoms. The highest BCUT2D eigenvalue weighted by atomic mass is 32.1. The number of carbonyl (C=O) groups is 2. The lowest BCUT2D eigenvalue weighted by Crippen LogP contribution is -2.46. The van der Waals surface area contributed by atoms with Crippen LogP contribution < -0.4 is 0 Å². The van der Waals surface area contributed by atoms with Crippen molar-refractivity contribution in [2.24, 2.45) is 5.92 Å². The minimum Gasteiger partial charge on any atom is -0.337 e. The molecule has 6 heteroatoms. The predicted molar refractivity (Wildman–Crippen MR) is 101 cm³/mol. The minimum atomic E-state index is -0.0584. The van der Waals surface area contributed by atoms with Gasteiger partial charge in [-0.25, -0.2) is 0 Å². The summed E-state index contributed by atoms with van der Waals surface area (Å²) in [5.41, 5.74) is 1.26. The number of hydrogen-bond acceptors (Lipinski definition) is 4. The van der Waals surface area contributed by atoms with Gasteiger partial charge in [-0.15, -0.1) is 11.3 Å². The van der Waals surface area contributed by atoms with Crippen LogP contribution >= 0.6 is 22.7 Å². The van der Waals surface area contributed by atoms with Crippen molar-refractivity contribution in [2.75, 3.05) is 19.6 Å². The van der Waals surface area contributed by atoms with Gasteiger partial charge in [0.1, 0.15) is 0 Å². The zero-order valence-electron chi connectivity index (χ0n) is 14.1. The Bertz CT molecular complexity index is 727. The first kappa shape index (κ1) is 16.8. The number of thiophene rings is 2. The van der Waals surface area contributed by atoms with E-state index in [1.807, 2.05) is 22.4 Å². The molecule has 0 saturated carbocycles. The fourth-order valence-electron chi connectivity index (χ4n) is 4.00. The zero-order chi connectivity index (χ0) is 17.2. The van der Waals surface area contributed by atoms with Crippen molar-refractivity contribution in [3.05, 3.63) is 44.8 Å². The van der Waals surface area contributed by atoms with Crippen molar-refractivity contribution in [1.82, 2.24) is 9.80 Å². The number of likely N-dealkylation sites (tertiary alicyclic amines) is 2. The molecule has 4 nitrogen and oxygen atoms in total. The normalized spacial score (nSPS) is 23.8. The Balaban J connectivity index is 1.45. The Labute approximate surface area is 156 Å². The number of carbonyl (C=O) groups excluding carboxylic acids is 2. The predicted octanol–water partition coefficient (Wildman–Crippen LogP) is 4.03. The first-order valence-electron chi connectivity index (χ1n) is 8.89. The molecule has 4 heterocycles. The average Bonchev–Trinajstić information content (AvgIpc) is 3.42. The summed E-state index contributed by atoms with van der Waals surface area (Å²) in [6, 6.07) is 6.13. The van der Waals surface area contributed by atoms with E-state index in [0.717, 1.165) is 43.6 Å². The van der Waals surface area contributed by atoms with Gasteiger partial charge in [0.25, 0.3) is 5.91 Å². The molecule has 2 aliphatic heterocycles. The second-order valence-corrected chi connectivity index (χ2v) is 8.54. The Kier molecular flexibility index (Phi) is 4.90. The van der Waals surface area contributed by atoms with Crippen molar-refractivity contribution < 1.29 is 9.59 Å². The van der Waals surface area contributed by atoms with E-state index >= 15 is 0 Å². The molecule has 25 heavy (non-hydrogen) atoms. The molecular weight excluding hydrogens is 352 g/mol. The highest BCUT2D eigenvalue weighted by molar-refractivity contribution is 7.12. The van der Waals surface area contributed by atoms with Gasteiger partial charge in [-0.1, -0.05) is 6.07 Å². The van der Waals surface area contributed by atoms with Crippen LogP contribution in [0.25, 0.3) is 0 Å². The van der Waals surface area contributed by atoms with E-state index in [2.05, 4.69) is 21.7 Å². The largest absolute Gasteiger partial charge is 0.337 e. The van der Waals surface area contributed by atoms with Gasteiger partial charge in [0.15, 0.2) is 0 Å². The molecular formula is C19H22N2O2S2. The molecule has 2 saturated heterocycles. The van der Waals surface area contributed by atoms with E-state index < -0.39 is 0 Å². The minimum absolute atomic E-state index is 0.0584. The Morgan fingerprint density at radius 1 is 1.08 bits per heavy atom. The highest BCUT2D eigenvalue weighted by Gasteiger charge is 2.37. The first-order valence-corrected chi connectivity index (χ1v) is 10.7. The van der Waals surface area contributed by atoms with Crippen LogP contribution in [0.15, 0.2) is 34.3 Å². The summed E-state index contributed by atoms with van der Waals surface area (Å²) in [6.07, 6.45) is 3.91. The maximum atomic E-state index is 13.2. The smallest absolute Gasteiger partial charge is 0.263 e. The molecule has 0 N–H and O–H groups in total. The summed E-state index contributed by atoms with van der Waals surface area (Å²) >= 11 is 3.16. The summed E-state index contributed by atoms with van der Waals surface area (Å²) in [7, 11) is 0. The van der Waals surface area contributed by atoms with Gasteiger partial charge in [-0.05, 0) is 59.5 Å². The maximum Gasteiger partial charge on any atom is 0.263 e. The molecule has 2 aromatic heterocycles. The third-order valence-electron chi connectivity index (χ3n) is 5.25. The van der Waals surface area contributed by atoms with E-state index in [1.54, 1.807) is 11.3 Å². The van der Waals surface area contributed by atoms with Crippen LogP contribution in [0.2, 0.25) is 0 Å². The molecule has 0 bridgehead atoms. The third kappa shape index (κ3) is 3.37. The SMILES string of the molecule is O=C(c1cccs1)N1CCC[C@@H](C(=O)N2CCC[C@@H]2c2ccsc2)C1.